The van der Waals surface area contributed by atoms with Crippen molar-refractivity contribution in [3.8, 4) is 27.9 Å². The molecule has 0 saturated carbocycles. The second kappa shape index (κ2) is 9.29. The Labute approximate surface area is 260 Å². The molecular weight excluding hydrogens is 542 g/mol. The predicted octanol–water partition coefficient (Wildman–Crippen LogP) is 12.2. The topological polar surface area (TPSA) is 4.93 Å². The number of hydrogen-bond donors (Lipinski definition) is 0. The van der Waals surface area contributed by atoms with Crippen LogP contribution in [0.5, 0.6) is 0 Å². The van der Waals surface area contributed by atoms with Gasteiger partial charge >= 0.3 is 0 Å². The fourth-order valence-corrected chi connectivity index (χ4v) is 7.71. The lowest BCUT2D eigenvalue weighted by molar-refractivity contribution is 1.19. The molecular formula is C44H27N. The standard InChI is InChI=1S/C44H27N/c1-2-8-28(9-3-1)34-23-17-31-20-26-39-35(24-18-32-19-25-38(34)42(31)43(32)39)30-14-21-33(22-15-30)45-41-13-7-6-12-37(41)40-27-16-29-10-4-5-11-36(29)44(40)45/h1-27H. The number of nitrogens with zero attached hydrogens (tertiary/aromatic N) is 1. The first-order valence-corrected chi connectivity index (χ1v) is 15.6. The van der Waals surface area contributed by atoms with Crippen LogP contribution in [0.3, 0.4) is 0 Å². The van der Waals surface area contributed by atoms with Crippen LogP contribution in [-0.2, 0) is 0 Å². The minimum Gasteiger partial charge on any atom is -0.309 e. The summed E-state index contributed by atoms with van der Waals surface area (Å²) in [4.78, 5) is 0. The molecule has 1 aromatic heterocycles. The van der Waals surface area contributed by atoms with Crippen LogP contribution in [0.1, 0.15) is 0 Å². The first-order chi connectivity index (χ1) is 22.3. The van der Waals surface area contributed by atoms with E-state index in [1.54, 1.807) is 0 Å². The molecule has 0 aliphatic rings. The van der Waals surface area contributed by atoms with E-state index in [2.05, 4.69) is 168 Å². The molecule has 10 aromatic rings. The van der Waals surface area contributed by atoms with Crippen LogP contribution in [0.15, 0.2) is 164 Å². The Bertz CT molecular complexity index is 2730. The molecule has 1 nitrogen and oxygen atoms in total. The van der Waals surface area contributed by atoms with Crippen LogP contribution in [0.4, 0.5) is 0 Å². The minimum atomic E-state index is 1.17. The summed E-state index contributed by atoms with van der Waals surface area (Å²) in [5, 5.41) is 13.0. The predicted molar refractivity (Wildman–Crippen MR) is 193 cm³/mol. The van der Waals surface area contributed by atoms with Crippen molar-refractivity contribution in [2.75, 3.05) is 0 Å². The van der Waals surface area contributed by atoms with Gasteiger partial charge in [0.15, 0.2) is 0 Å². The molecule has 9 aromatic carbocycles. The van der Waals surface area contributed by atoms with Crippen LogP contribution < -0.4 is 0 Å². The van der Waals surface area contributed by atoms with Gasteiger partial charge in [-0.3, -0.25) is 0 Å². The molecule has 0 radical (unpaired) electrons. The van der Waals surface area contributed by atoms with E-state index in [0.717, 1.165) is 0 Å². The number of fused-ring (bicyclic) bond motifs is 5. The number of aromatic nitrogens is 1. The highest BCUT2D eigenvalue weighted by Crippen LogP contribution is 2.43. The van der Waals surface area contributed by atoms with Crippen molar-refractivity contribution >= 4 is 64.9 Å². The second-order valence-corrected chi connectivity index (χ2v) is 12.1. The van der Waals surface area contributed by atoms with Gasteiger partial charge in [0.05, 0.1) is 11.0 Å². The van der Waals surface area contributed by atoms with Gasteiger partial charge < -0.3 is 4.57 Å². The van der Waals surface area contributed by atoms with Gasteiger partial charge in [-0.05, 0) is 78.2 Å². The van der Waals surface area contributed by atoms with E-state index >= 15 is 0 Å². The Morgan fingerprint density at radius 3 is 1.56 bits per heavy atom. The summed E-state index contributed by atoms with van der Waals surface area (Å²) in [6.07, 6.45) is 0. The summed E-state index contributed by atoms with van der Waals surface area (Å²) in [5.41, 5.74) is 8.70. The molecule has 0 saturated heterocycles. The third-order valence-electron chi connectivity index (χ3n) is 9.75. The third kappa shape index (κ3) is 3.50. The number of rotatable bonds is 3. The molecule has 45 heavy (non-hydrogen) atoms. The van der Waals surface area contributed by atoms with E-state index in [0.29, 0.717) is 0 Å². The second-order valence-electron chi connectivity index (χ2n) is 12.1. The van der Waals surface area contributed by atoms with Crippen LogP contribution >= 0.6 is 0 Å². The maximum Gasteiger partial charge on any atom is 0.0619 e. The van der Waals surface area contributed by atoms with Gasteiger partial charge in [-0.15, -0.1) is 0 Å². The molecule has 0 aliphatic carbocycles. The van der Waals surface area contributed by atoms with Crippen LogP contribution in [-0.4, -0.2) is 4.57 Å². The van der Waals surface area contributed by atoms with E-state index in [-0.39, 0.29) is 0 Å². The summed E-state index contributed by atoms with van der Waals surface area (Å²) >= 11 is 0. The Morgan fingerprint density at radius 2 is 0.844 bits per heavy atom. The summed E-state index contributed by atoms with van der Waals surface area (Å²) in [6.45, 7) is 0. The molecule has 1 heteroatoms. The quantitative estimate of drug-likeness (QED) is 0.187. The Balaban J connectivity index is 1.18. The smallest absolute Gasteiger partial charge is 0.0619 e. The molecule has 0 N–H and O–H groups in total. The fraction of sp³-hybridized carbons (Fsp3) is 0. The maximum absolute atomic E-state index is 2.44. The van der Waals surface area contributed by atoms with Crippen LogP contribution in [0, 0.1) is 0 Å². The molecule has 0 amide bonds. The zero-order valence-electron chi connectivity index (χ0n) is 24.5. The molecule has 0 unspecified atom stereocenters. The summed E-state index contributed by atoms with van der Waals surface area (Å²) < 4.78 is 2.44. The first kappa shape index (κ1) is 24.5. The van der Waals surface area contributed by atoms with Crippen molar-refractivity contribution in [2.45, 2.75) is 0 Å². The average molecular weight is 570 g/mol. The largest absolute Gasteiger partial charge is 0.309 e. The lowest BCUT2D eigenvalue weighted by atomic mass is 9.87. The average Bonchev–Trinajstić information content (AvgIpc) is 3.46. The van der Waals surface area contributed by atoms with E-state index in [1.165, 1.54) is 92.8 Å². The molecule has 1 heterocycles. The molecule has 0 bridgehead atoms. The zero-order valence-corrected chi connectivity index (χ0v) is 24.5. The highest BCUT2D eigenvalue weighted by atomic mass is 15.0. The molecule has 0 aliphatic heterocycles. The Morgan fingerprint density at radius 1 is 0.311 bits per heavy atom. The number of benzene rings is 9. The number of hydrogen-bond acceptors (Lipinski definition) is 0. The van der Waals surface area contributed by atoms with Crippen molar-refractivity contribution < 1.29 is 0 Å². The molecule has 10 rings (SSSR count). The highest BCUT2D eigenvalue weighted by Gasteiger charge is 2.17. The monoisotopic (exact) mass is 569 g/mol. The van der Waals surface area contributed by atoms with Crippen molar-refractivity contribution in [1.29, 1.82) is 0 Å². The van der Waals surface area contributed by atoms with Gasteiger partial charge in [0.25, 0.3) is 0 Å². The third-order valence-corrected chi connectivity index (χ3v) is 9.75. The Kier molecular flexibility index (Phi) is 5.06. The van der Waals surface area contributed by atoms with Gasteiger partial charge in [-0.1, -0.05) is 146 Å². The van der Waals surface area contributed by atoms with Crippen molar-refractivity contribution in [2.24, 2.45) is 0 Å². The lowest BCUT2D eigenvalue weighted by Gasteiger charge is -2.17. The molecule has 208 valence electrons. The van der Waals surface area contributed by atoms with Crippen molar-refractivity contribution in [3.05, 3.63) is 164 Å². The summed E-state index contributed by atoms with van der Waals surface area (Å²) in [5.74, 6) is 0. The van der Waals surface area contributed by atoms with Gasteiger partial charge in [0, 0.05) is 21.8 Å². The zero-order chi connectivity index (χ0) is 29.5. The highest BCUT2D eigenvalue weighted by molar-refractivity contribution is 6.27. The van der Waals surface area contributed by atoms with E-state index in [4.69, 9.17) is 0 Å². The minimum absolute atomic E-state index is 1.17. The van der Waals surface area contributed by atoms with Crippen LogP contribution in [0.25, 0.3) is 92.8 Å². The normalized spacial score (nSPS) is 12.0. The van der Waals surface area contributed by atoms with Gasteiger partial charge in [-0.25, -0.2) is 0 Å². The van der Waals surface area contributed by atoms with Gasteiger partial charge in [0.2, 0.25) is 0 Å². The van der Waals surface area contributed by atoms with Gasteiger partial charge in [-0.2, -0.15) is 0 Å². The lowest BCUT2D eigenvalue weighted by Crippen LogP contribution is -1.95. The number of para-hydroxylation sites is 1. The van der Waals surface area contributed by atoms with Gasteiger partial charge in [0.1, 0.15) is 0 Å². The van der Waals surface area contributed by atoms with E-state index in [9.17, 15) is 0 Å². The van der Waals surface area contributed by atoms with Crippen molar-refractivity contribution in [3.63, 3.8) is 0 Å². The van der Waals surface area contributed by atoms with Crippen LogP contribution in [0.2, 0.25) is 0 Å². The first-order valence-electron chi connectivity index (χ1n) is 15.6. The maximum atomic E-state index is 2.44. The SMILES string of the molecule is c1ccc(-c2ccc3ccc4c(-c5ccc(-n6c7ccccc7c7ccc8ccccc8c76)cc5)ccc5ccc2c3c54)cc1. The van der Waals surface area contributed by atoms with Crippen molar-refractivity contribution in [1.82, 2.24) is 4.57 Å². The fourth-order valence-electron chi connectivity index (χ4n) is 7.71. The molecule has 0 spiro atoms. The molecule has 0 atom stereocenters. The van der Waals surface area contributed by atoms with E-state index in [1.807, 2.05) is 0 Å². The summed E-state index contributed by atoms with van der Waals surface area (Å²) in [7, 11) is 0. The van der Waals surface area contributed by atoms with E-state index < -0.39 is 0 Å². The summed E-state index contributed by atoms with van der Waals surface area (Å²) in [6, 6.07) is 60.2. The Hall–Kier alpha value is -5.92. The molecule has 0 fully saturated rings.